The first-order chi connectivity index (χ1) is 8.07. The van der Waals surface area contributed by atoms with Gasteiger partial charge in [-0.05, 0) is 6.07 Å². The number of para-hydroxylation sites is 1. The highest BCUT2D eigenvalue weighted by Crippen LogP contribution is 2.53. The van der Waals surface area contributed by atoms with Gasteiger partial charge in [0.05, 0.1) is 5.52 Å². The van der Waals surface area contributed by atoms with Crippen LogP contribution in [0.3, 0.4) is 0 Å². The molecular formula is C10H8NO5P. The van der Waals surface area contributed by atoms with Gasteiger partial charge in [0.15, 0.2) is 0 Å². The lowest BCUT2D eigenvalue weighted by Crippen LogP contribution is -2.06. The van der Waals surface area contributed by atoms with Crippen molar-refractivity contribution in [3.63, 3.8) is 0 Å². The van der Waals surface area contributed by atoms with Gasteiger partial charge in [0.2, 0.25) is 5.88 Å². The molecule has 1 aliphatic heterocycles. The van der Waals surface area contributed by atoms with Crippen LogP contribution in [-0.2, 0) is 13.9 Å². The van der Waals surface area contributed by atoms with Crippen molar-refractivity contribution in [3.05, 3.63) is 30.3 Å². The van der Waals surface area contributed by atoms with Gasteiger partial charge >= 0.3 is 13.8 Å². The number of phosphoric acid groups is 1. The van der Waals surface area contributed by atoms with E-state index >= 15 is 0 Å². The molecule has 0 saturated heterocycles. The first-order valence-corrected chi connectivity index (χ1v) is 6.34. The first kappa shape index (κ1) is 10.2. The van der Waals surface area contributed by atoms with Gasteiger partial charge < -0.3 is 9.05 Å². The topological polar surface area (TPSA) is 66.8 Å². The Morgan fingerprint density at radius 2 is 2.18 bits per heavy atom. The second-order valence-electron chi connectivity index (χ2n) is 3.54. The van der Waals surface area contributed by atoms with Gasteiger partial charge in [-0.3, -0.25) is 9.42 Å². The van der Waals surface area contributed by atoms with Crippen molar-refractivity contribution in [3.8, 4) is 5.88 Å². The molecule has 1 unspecified atom stereocenters. The maximum atomic E-state index is 11.9. The summed E-state index contributed by atoms with van der Waals surface area (Å²) in [6.07, 6.45) is 0. The van der Waals surface area contributed by atoms with Crippen molar-refractivity contribution in [1.82, 2.24) is 4.73 Å². The highest BCUT2D eigenvalue weighted by Gasteiger charge is 2.43. The standard InChI is InChI=1S/C10H8NO5P/c1-7(12)14-17(13)15-10-6-8-4-2-3-5-9(8)11(10)16-17/h2-6H,1H3. The van der Waals surface area contributed by atoms with Gasteiger partial charge in [0.25, 0.3) is 0 Å². The molecule has 0 saturated carbocycles. The molecule has 0 bridgehead atoms. The van der Waals surface area contributed by atoms with Gasteiger partial charge in [0.1, 0.15) is 0 Å². The van der Waals surface area contributed by atoms with Gasteiger partial charge in [-0.2, -0.15) is 4.57 Å². The summed E-state index contributed by atoms with van der Waals surface area (Å²) < 4.78 is 27.8. The Morgan fingerprint density at radius 1 is 1.41 bits per heavy atom. The number of hydrogen-bond acceptors (Lipinski definition) is 5. The average Bonchev–Trinajstić information content (AvgIpc) is 2.69. The SMILES string of the molecule is CC(=O)OP1(=O)Oc2cc3ccccc3n2O1. The molecule has 0 radical (unpaired) electrons. The molecule has 17 heavy (non-hydrogen) atoms. The number of phosphoric ester groups is 1. The highest BCUT2D eigenvalue weighted by molar-refractivity contribution is 7.50. The van der Waals surface area contributed by atoms with Gasteiger partial charge in [-0.15, -0.1) is 4.73 Å². The van der Waals surface area contributed by atoms with Crippen molar-refractivity contribution < 1.29 is 23.0 Å². The zero-order chi connectivity index (χ0) is 12.0. The molecule has 3 rings (SSSR count). The monoisotopic (exact) mass is 253 g/mol. The van der Waals surface area contributed by atoms with E-state index in [4.69, 9.17) is 9.15 Å². The Kier molecular flexibility index (Phi) is 1.97. The summed E-state index contributed by atoms with van der Waals surface area (Å²) in [7, 11) is -3.85. The molecule has 88 valence electrons. The zero-order valence-electron chi connectivity index (χ0n) is 8.82. The smallest absolute Gasteiger partial charge is 0.365 e. The Morgan fingerprint density at radius 3 is 2.94 bits per heavy atom. The fourth-order valence-electron chi connectivity index (χ4n) is 1.68. The molecule has 7 heteroatoms. The van der Waals surface area contributed by atoms with Crippen LogP contribution >= 0.6 is 7.82 Å². The van der Waals surface area contributed by atoms with E-state index in [0.29, 0.717) is 5.52 Å². The molecule has 0 fully saturated rings. The van der Waals surface area contributed by atoms with Crippen LogP contribution in [0.1, 0.15) is 6.92 Å². The van der Waals surface area contributed by atoms with Crippen LogP contribution in [0.5, 0.6) is 5.88 Å². The number of fused-ring (bicyclic) bond motifs is 3. The van der Waals surface area contributed by atoms with E-state index in [1.54, 1.807) is 12.1 Å². The minimum Gasteiger partial charge on any atom is -0.365 e. The molecule has 6 nitrogen and oxygen atoms in total. The molecule has 1 aromatic heterocycles. The molecule has 0 N–H and O–H groups in total. The summed E-state index contributed by atoms with van der Waals surface area (Å²) in [6, 6.07) is 8.99. The van der Waals surface area contributed by atoms with Gasteiger partial charge in [-0.1, -0.05) is 18.2 Å². The lowest BCUT2D eigenvalue weighted by molar-refractivity contribution is -0.133. The first-order valence-electron chi connectivity index (χ1n) is 4.88. The van der Waals surface area contributed by atoms with E-state index in [2.05, 4.69) is 4.52 Å². The van der Waals surface area contributed by atoms with Gasteiger partial charge in [0, 0.05) is 18.4 Å². The summed E-state index contributed by atoms with van der Waals surface area (Å²) in [5.41, 5.74) is 0.701. The Hall–Kier alpha value is -1.94. The van der Waals surface area contributed by atoms with Crippen LogP contribution in [0.2, 0.25) is 0 Å². The summed E-state index contributed by atoms with van der Waals surface area (Å²) >= 11 is 0. The van der Waals surface area contributed by atoms with E-state index in [-0.39, 0.29) is 5.88 Å². The second kappa shape index (κ2) is 3.28. The lowest BCUT2D eigenvalue weighted by atomic mass is 10.3. The molecule has 0 amide bonds. The second-order valence-corrected chi connectivity index (χ2v) is 4.96. The maximum absolute atomic E-state index is 11.9. The van der Waals surface area contributed by atoms with Crippen LogP contribution < -0.4 is 9.15 Å². The number of carbonyl (C=O) groups is 1. The third-order valence-electron chi connectivity index (χ3n) is 2.26. The summed E-state index contributed by atoms with van der Waals surface area (Å²) in [5.74, 6) is -0.459. The Labute approximate surface area is 96.3 Å². The molecule has 2 aromatic rings. The fraction of sp³-hybridized carbons (Fsp3) is 0.100. The zero-order valence-corrected chi connectivity index (χ0v) is 9.72. The number of aromatic nitrogens is 1. The number of rotatable bonds is 1. The van der Waals surface area contributed by atoms with Crippen LogP contribution in [0.4, 0.5) is 0 Å². The molecular weight excluding hydrogens is 245 g/mol. The van der Waals surface area contributed by atoms with Crippen molar-refractivity contribution in [2.45, 2.75) is 6.92 Å². The minimum atomic E-state index is -3.85. The minimum absolute atomic E-state index is 0.260. The van der Waals surface area contributed by atoms with Gasteiger partial charge in [-0.25, -0.2) is 0 Å². The van der Waals surface area contributed by atoms with E-state index < -0.39 is 13.8 Å². The number of carbonyl (C=O) groups excluding carboxylic acids is 1. The van der Waals surface area contributed by atoms with Crippen LogP contribution in [0.25, 0.3) is 10.9 Å². The summed E-state index contributed by atoms with van der Waals surface area (Å²) in [5, 5.41) is 0.886. The molecule has 1 aromatic carbocycles. The number of nitrogens with zero attached hydrogens (tertiary/aromatic N) is 1. The number of benzene rings is 1. The van der Waals surface area contributed by atoms with E-state index in [9.17, 15) is 9.36 Å². The van der Waals surface area contributed by atoms with Crippen LogP contribution in [0.15, 0.2) is 30.3 Å². The largest absolute Gasteiger partial charge is 0.670 e. The summed E-state index contributed by atoms with van der Waals surface area (Å²) in [6.45, 7) is 1.14. The Bertz CT molecular complexity index is 662. The quantitative estimate of drug-likeness (QED) is 0.728. The molecule has 0 aliphatic carbocycles. The average molecular weight is 253 g/mol. The van der Waals surface area contributed by atoms with Crippen LogP contribution in [-0.4, -0.2) is 10.7 Å². The van der Waals surface area contributed by atoms with Crippen molar-refractivity contribution >= 4 is 24.7 Å². The predicted octanol–water partition coefficient (Wildman–Crippen LogP) is 2.13. The normalized spacial score (nSPS) is 21.7. The van der Waals surface area contributed by atoms with Crippen molar-refractivity contribution in [2.24, 2.45) is 0 Å². The maximum Gasteiger partial charge on any atom is 0.670 e. The molecule has 0 spiro atoms. The third kappa shape index (κ3) is 1.57. The van der Waals surface area contributed by atoms with E-state index in [1.807, 2.05) is 18.2 Å². The van der Waals surface area contributed by atoms with Crippen molar-refractivity contribution in [1.29, 1.82) is 0 Å². The molecule has 1 aliphatic rings. The van der Waals surface area contributed by atoms with Crippen molar-refractivity contribution in [2.75, 3.05) is 0 Å². The summed E-state index contributed by atoms with van der Waals surface area (Å²) in [4.78, 5) is 10.8. The third-order valence-corrected chi connectivity index (χ3v) is 3.52. The van der Waals surface area contributed by atoms with E-state index in [1.165, 1.54) is 4.73 Å². The Balaban J connectivity index is 2.05. The fourth-order valence-corrected chi connectivity index (χ4v) is 2.82. The van der Waals surface area contributed by atoms with Crippen LogP contribution in [0, 0.1) is 0 Å². The highest BCUT2D eigenvalue weighted by atomic mass is 31.2. The van der Waals surface area contributed by atoms with E-state index in [0.717, 1.165) is 12.3 Å². The number of hydrogen-bond donors (Lipinski definition) is 0. The molecule has 2 heterocycles. The lowest BCUT2D eigenvalue weighted by Gasteiger charge is -2.06. The predicted molar refractivity (Wildman–Crippen MR) is 58.5 cm³/mol. The molecule has 1 atom stereocenters.